The zero-order chi connectivity index (χ0) is 7.49. The average molecular weight is 131 g/mol. The lowest BCUT2D eigenvalue weighted by Crippen LogP contribution is -2.35. The van der Waals surface area contributed by atoms with Crippen LogP contribution in [0.1, 0.15) is 27.2 Å². The Hall–Kier alpha value is -0.0800. The number of aliphatic hydroxyl groups is 1. The van der Waals surface area contributed by atoms with E-state index in [1.54, 1.807) is 13.8 Å². The minimum atomic E-state index is -0.608. The van der Waals surface area contributed by atoms with Gasteiger partial charge in [0, 0.05) is 0 Å². The third-order valence-corrected chi connectivity index (χ3v) is 1.78. The summed E-state index contributed by atoms with van der Waals surface area (Å²) in [7, 11) is 0. The summed E-state index contributed by atoms with van der Waals surface area (Å²) in [5.41, 5.74) is 4.80. The van der Waals surface area contributed by atoms with Crippen LogP contribution in [0.15, 0.2) is 0 Å². The first-order chi connectivity index (χ1) is 4.02. The van der Waals surface area contributed by atoms with Crippen molar-refractivity contribution in [1.82, 2.24) is 0 Å². The monoisotopic (exact) mass is 131 g/mol. The molecule has 0 rings (SSSR count). The molecule has 56 valence electrons. The first-order valence-electron chi connectivity index (χ1n) is 3.44. The van der Waals surface area contributed by atoms with Crippen molar-refractivity contribution in [1.29, 1.82) is 0 Å². The van der Waals surface area contributed by atoms with Gasteiger partial charge in [0.25, 0.3) is 0 Å². The van der Waals surface area contributed by atoms with Crippen LogP contribution in [-0.4, -0.2) is 17.3 Å². The molecule has 0 aromatic carbocycles. The molecule has 0 spiro atoms. The summed E-state index contributed by atoms with van der Waals surface area (Å²) in [6, 6.07) is 0. The molecular formula is C7H17NO. The molecule has 0 radical (unpaired) electrons. The lowest BCUT2D eigenvalue weighted by Gasteiger charge is -2.26. The van der Waals surface area contributed by atoms with E-state index in [1.807, 2.05) is 6.92 Å². The van der Waals surface area contributed by atoms with Crippen LogP contribution >= 0.6 is 0 Å². The molecule has 0 fully saturated rings. The number of hydrogen-bond donors (Lipinski definition) is 2. The molecule has 0 saturated heterocycles. The number of rotatable bonds is 3. The second-order valence-electron chi connectivity index (χ2n) is 2.99. The van der Waals surface area contributed by atoms with Crippen molar-refractivity contribution in [2.45, 2.75) is 32.8 Å². The fourth-order valence-electron chi connectivity index (χ4n) is 0.955. The molecule has 1 unspecified atom stereocenters. The van der Waals surface area contributed by atoms with Gasteiger partial charge in [0.05, 0.1) is 5.60 Å². The van der Waals surface area contributed by atoms with Crippen molar-refractivity contribution >= 4 is 0 Å². The zero-order valence-corrected chi connectivity index (χ0v) is 6.52. The molecule has 3 N–H and O–H groups in total. The van der Waals surface area contributed by atoms with Crippen LogP contribution in [0.2, 0.25) is 0 Å². The van der Waals surface area contributed by atoms with Crippen LogP contribution in [0.3, 0.4) is 0 Å². The maximum atomic E-state index is 9.40. The Balaban J connectivity index is 3.79. The Morgan fingerprint density at radius 1 is 1.56 bits per heavy atom. The van der Waals surface area contributed by atoms with Gasteiger partial charge in [0.1, 0.15) is 0 Å². The van der Waals surface area contributed by atoms with E-state index in [4.69, 9.17) is 5.73 Å². The molecule has 0 aromatic rings. The highest BCUT2D eigenvalue weighted by atomic mass is 16.3. The molecule has 0 amide bonds. The minimum absolute atomic E-state index is 0.234. The largest absolute Gasteiger partial charge is 0.390 e. The summed E-state index contributed by atoms with van der Waals surface area (Å²) in [5.74, 6) is 0.234. The van der Waals surface area contributed by atoms with Crippen LogP contribution in [0.5, 0.6) is 0 Å². The molecule has 0 bridgehead atoms. The summed E-state index contributed by atoms with van der Waals surface area (Å²) in [4.78, 5) is 0. The highest BCUT2D eigenvalue weighted by Crippen LogP contribution is 2.17. The van der Waals surface area contributed by atoms with Gasteiger partial charge in [0.2, 0.25) is 0 Å². The van der Waals surface area contributed by atoms with Crippen LogP contribution in [0, 0.1) is 5.92 Å². The molecular weight excluding hydrogens is 114 g/mol. The minimum Gasteiger partial charge on any atom is -0.390 e. The summed E-state index contributed by atoms with van der Waals surface area (Å²) in [6.07, 6.45) is 0.944. The molecule has 0 aliphatic heterocycles. The van der Waals surface area contributed by atoms with Gasteiger partial charge in [-0.05, 0) is 32.7 Å². The van der Waals surface area contributed by atoms with Gasteiger partial charge >= 0.3 is 0 Å². The predicted molar refractivity (Wildman–Crippen MR) is 39.1 cm³/mol. The Morgan fingerprint density at radius 3 is 2.00 bits per heavy atom. The fraction of sp³-hybridized carbons (Fsp3) is 1.00. The van der Waals surface area contributed by atoms with Crippen LogP contribution in [0.4, 0.5) is 0 Å². The van der Waals surface area contributed by atoms with Crippen molar-refractivity contribution in [3.05, 3.63) is 0 Å². The van der Waals surface area contributed by atoms with Crippen molar-refractivity contribution in [3.63, 3.8) is 0 Å². The Kier molecular flexibility index (Phi) is 3.15. The zero-order valence-electron chi connectivity index (χ0n) is 6.52. The predicted octanol–water partition coefficient (Wildman–Crippen LogP) is 0.742. The molecule has 0 aliphatic rings. The van der Waals surface area contributed by atoms with Gasteiger partial charge in [0.15, 0.2) is 0 Å². The van der Waals surface area contributed by atoms with Crippen LogP contribution < -0.4 is 5.73 Å². The number of hydrogen-bond acceptors (Lipinski definition) is 2. The molecule has 2 nitrogen and oxygen atoms in total. The van der Waals surface area contributed by atoms with Gasteiger partial charge in [-0.25, -0.2) is 0 Å². The molecule has 2 heteroatoms. The van der Waals surface area contributed by atoms with E-state index in [-0.39, 0.29) is 5.92 Å². The maximum absolute atomic E-state index is 9.40. The third kappa shape index (κ3) is 2.82. The maximum Gasteiger partial charge on any atom is 0.0631 e. The SMILES string of the molecule is CCC(CN)C(C)(C)O. The molecule has 0 aliphatic carbocycles. The summed E-state index contributed by atoms with van der Waals surface area (Å²) in [5, 5.41) is 9.40. The van der Waals surface area contributed by atoms with E-state index in [2.05, 4.69) is 0 Å². The molecule has 0 heterocycles. The highest BCUT2D eigenvalue weighted by molar-refractivity contribution is 4.76. The van der Waals surface area contributed by atoms with Gasteiger partial charge in [-0.15, -0.1) is 0 Å². The summed E-state index contributed by atoms with van der Waals surface area (Å²) >= 11 is 0. The van der Waals surface area contributed by atoms with Gasteiger partial charge in [-0.3, -0.25) is 0 Å². The Morgan fingerprint density at radius 2 is 2.00 bits per heavy atom. The van der Waals surface area contributed by atoms with Gasteiger partial charge in [-0.1, -0.05) is 6.92 Å². The van der Waals surface area contributed by atoms with E-state index in [0.717, 1.165) is 6.42 Å². The molecule has 9 heavy (non-hydrogen) atoms. The third-order valence-electron chi connectivity index (χ3n) is 1.78. The molecule has 0 aromatic heterocycles. The lowest BCUT2D eigenvalue weighted by molar-refractivity contribution is 0.0192. The molecule has 1 atom stereocenters. The molecule has 0 saturated carbocycles. The quantitative estimate of drug-likeness (QED) is 0.593. The number of nitrogens with two attached hydrogens (primary N) is 1. The second kappa shape index (κ2) is 3.18. The van der Waals surface area contributed by atoms with Crippen molar-refractivity contribution < 1.29 is 5.11 Å². The Labute approximate surface area is 57.1 Å². The smallest absolute Gasteiger partial charge is 0.0631 e. The van der Waals surface area contributed by atoms with Gasteiger partial charge < -0.3 is 10.8 Å². The second-order valence-corrected chi connectivity index (χ2v) is 2.99. The lowest BCUT2D eigenvalue weighted by atomic mass is 9.89. The summed E-state index contributed by atoms with van der Waals surface area (Å²) in [6.45, 7) is 6.21. The van der Waals surface area contributed by atoms with Crippen molar-refractivity contribution in [2.75, 3.05) is 6.54 Å². The fourth-order valence-corrected chi connectivity index (χ4v) is 0.955. The standard InChI is InChI=1S/C7H17NO/c1-4-6(5-8)7(2,3)9/h6,9H,4-5,8H2,1-3H3. The van der Waals surface area contributed by atoms with E-state index in [9.17, 15) is 5.11 Å². The highest BCUT2D eigenvalue weighted by Gasteiger charge is 2.22. The van der Waals surface area contributed by atoms with E-state index < -0.39 is 5.60 Å². The first kappa shape index (κ1) is 8.92. The average Bonchev–Trinajstić information content (AvgIpc) is 1.65. The first-order valence-corrected chi connectivity index (χ1v) is 3.44. The van der Waals surface area contributed by atoms with E-state index in [1.165, 1.54) is 0 Å². The normalized spacial score (nSPS) is 15.7. The van der Waals surface area contributed by atoms with Crippen molar-refractivity contribution in [2.24, 2.45) is 11.7 Å². The van der Waals surface area contributed by atoms with Gasteiger partial charge in [-0.2, -0.15) is 0 Å². The van der Waals surface area contributed by atoms with E-state index in [0.29, 0.717) is 6.54 Å². The summed E-state index contributed by atoms with van der Waals surface area (Å²) < 4.78 is 0. The topological polar surface area (TPSA) is 46.2 Å². The van der Waals surface area contributed by atoms with Crippen LogP contribution in [-0.2, 0) is 0 Å². The Bertz CT molecular complexity index is 71.5. The van der Waals surface area contributed by atoms with Crippen LogP contribution in [0.25, 0.3) is 0 Å². The van der Waals surface area contributed by atoms with Crippen molar-refractivity contribution in [3.8, 4) is 0 Å². The van der Waals surface area contributed by atoms with E-state index >= 15 is 0 Å².